The van der Waals surface area contributed by atoms with Gasteiger partial charge < -0.3 is 9.88 Å². The van der Waals surface area contributed by atoms with Gasteiger partial charge in [0.15, 0.2) is 0 Å². The minimum absolute atomic E-state index is 0.762. The number of nitrogens with zero attached hydrogens (tertiary/aromatic N) is 3. The molecule has 0 aliphatic carbocycles. The molecule has 0 aromatic carbocycles. The van der Waals surface area contributed by atoms with Gasteiger partial charge in [0, 0.05) is 50.9 Å². The molecule has 1 aromatic rings. The predicted molar refractivity (Wildman–Crippen MR) is 63.4 cm³/mol. The number of piperazine rings is 1. The van der Waals surface area contributed by atoms with Gasteiger partial charge in [0.25, 0.3) is 0 Å². The Labute approximate surface area is 96.7 Å². The summed E-state index contributed by atoms with van der Waals surface area (Å²) in [6.45, 7) is 6.76. The van der Waals surface area contributed by atoms with Crippen LogP contribution in [0.15, 0.2) is 12.5 Å². The first-order valence-electron chi connectivity index (χ1n) is 6.33. The average Bonchev–Trinajstić information content (AvgIpc) is 3.02. The minimum atomic E-state index is 0.762. The molecule has 0 radical (unpaired) electrons. The Morgan fingerprint density at radius 3 is 3.12 bits per heavy atom. The van der Waals surface area contributed by atoms with Crippen LogP contribution in [-0.4, -0.2) is 46.2 Å². The number of aromatic nitrogens is 2. The van der Waals surface area contributed by atoms with E-state index in [0.29, 0.717) is 0 Å². The van der Waals surface area contributed by atoms with E-state index in [9.17, 15) is 0 Å². The maximum Gasteiger partial charge on any atom is 0.0949 e. The van der Waals surface area contributed by atoms with E-state index < -0.39 is 0 Å². The van der Waals surface area contributed by atoms with E-state index in [0.717, 1.165) is 25.0 Å². The number of likely N-dealkylation sites (tertiary alicyclic amines) is 1. The quantitative estimate of drug-likeness (QED) is 0.802. The van der Waals surface area contributed by atoms with Crippen LogP contribution in [0.2, 0.25) is 0 Å². The highest BCUT2D eigenvalue weighted by Crippen LogP contribution is 2.22. The summed E-state index contributed by atoms with van der Waals surface area (Å²) in [6.07, 6.45) is 6.55. The number of rotatable bonds is 4. The van der Waals surface area contributed by atoms with E-state index in [2.05, 4.69) is 32.9 Å². The Bertz CT molecular complexity index is 360. The molecule has 88 valence electrons. The fourth-order valence-electron chi connectivity index (χ4n) is 2.89. The zero-order valence-electron chi connectivity index (χ0n) is 9.89. The topological polar surface area (TPSA) is 33.1 Å². The van der Waals surface area contributed by atoms with Crippen molar-refractivity contribution in [1.82, 2.24) is 19.8 Å². The first-order chi connectivity index (χ1) is 7.85. The number of imidazole rings is 1. The average molecular weight is 220 g/mol. The molecule has 1 N–H and O–H groups in total. The Balaban J connectivity index is 1.53. The van der Waals surface area contributed by atoms with Crippen molar-refractivity contribution < 1.29 is 0 Å². The molecule has 2 bridgehead atoms. The zero-order valence-corrected chi connectivity index (χ0v) is 9.89. The van der Waals surface area contributed by atoms with Gasteiger partial charge in [0.2, 0.25) is 0 Å². The molecule has 0 spiro atoms. The summed E-state index contributed by atoms with van der Waals surface area (Å²) in [4.78, 5) is 7.05. The van der Waals surface area contributed by atoms with E-state index in [-0.39, 0.29) is 0 Å². The van der Waals surface area contributed by atoms with Crippen LogP contribution in [0.4, 0.5) is 0 Å². The second-order valence-corrected chi connectivity index (χ2v) is 4.94. The number of hydrogen-bond acceptors (Lipinski definition) is 3. The van der Waals surface area contributed by atoms with Crippen molar-refractivity contribution in [3.05, 3.63) is 18.2 Å². The normalized spacial score (nSPS) is 29.1. The zero-order chi connectivity index (χ0) is 11.0. The van der Waals surface area contributed by atoms with Crippen LogP contribution < -0.4 is 5.32 Å². The summed E-state index contributed by atoms with van der Waals surface area (Å²) in [5, 5.41) is 3.54. The van der Waals surface area contributed by atoms with Gasteiger partial charge in [-0.25, -0.2) is 4.98 Å². The van der Waals surface area contributed by atoms with Gasteiger partial charge in [-0.15, -0.1) is 0 Å². The third-order valence-corrected chi connectivity index (χ3v) is 3.88. The molecular weight excluding hydrogens is 200 g/mol. The van der Waals surface area contributed by atoms with E-state index in [1.54, 1.807) is 0 Å². The smallest absolute Gasteiger partial charge is 0.0949 e. The predicted octanol–water partition coefficient (Wildman–Crippen LogP) is 0.492. The van der Waals surface area contributed by atoms with E-state index in [4.69, 9.17) is 0 Å². The highest BCUT2D eigenvalue weighted by molar-refractivity contribution is 5.01. The largest absolute Gasteiger partial charge is 0.337 e. The van der Waals surface area contributed by atoms with Gasteiger partial charge in [0.05, 0.1) is 12.0 Å². The van der Waals surface area contributed by atoms with Crippen molar-refractivity contribution in [2.75, 3.05) is 19.6 Å². The Morgan fingerprint density at radius 1 is 1.56 bits per heavy atom. The van der Waals surface area contributed by atoms with Gasteiger partial charge in [0.1, 0.15) is 0 Å². The summed E-state index contributed by atoms with van der Waals surface area (Å²) in [5.74, 6) is 0. The van der Waals surface area contributed by atoms with Gasteiger partial charge in [-0.2, -0.15) is 0 Å². The number of aryl methyl sites for hydroxylation is 1. The molecule has 2 saturated heterocycles. The van der Waals surface area contributed by atoms with Crippen molar-refractivity contribution in [3.8, 4) is 0 Å². The van der Waals surface area contributed by atoms with Crippen LogP contribution in [0.3, 0.4) is 0 Å². The molecule has 4 heteroatoms. The molecule has 1 aromatic heterocycles. The van der Waals surface area contributed by atoms with Crippen LogP contribution in [0.1, 0.15) is 19.0 Å². The summed E-state index contributed by atoms with van der Waals surface area (Å²) >= 11 is 0. The maximum absolute atomic E-state index is 4.43. The van der Waals surface area contributed by atoms with Crippen LogP contribution >= 0.6 is 0 Å². The fourth-order valence-corrected chi connectivity index (χ4v) is 2.89. The number of fused-ring (bicyclic) bond motifs is 2. The Hall–Kier alpha value is -0.870. The molecule has 1 unspecified atom stereocenters. The lowest BCUT2D eigenvalue weighted by Crippen LogP contribution is -2.44. The molecule has 2 aliphatic heterocycles. The van der Waals surface area contributed by atoms with Crippen molar-refractivity contribution in [1.29, 1.82) is 0 Å². The highest BCUT2D eigenvalue weighted by atomic mass is 15.3. The van der Waals surface area contributed by atoms with Crippen molar-refractivity contribution in [2.45, 2.75) is 38.4 Å². The Kier molecular flexibility index (Phi) is 2.69. The molecule has 3 heterocycles. The SMILES string of the molecule is CCn1cnc(CCN2C[C@@H]3CC2CN3)c1. The van der Waals surface area contributed by atoms with E-state index >= 15 is 0 Å². The van der Waals surface area contributed by atoms with E-state index in [1.165, 1.54) is 31.7 Å². The summed E-state index contributed by atoms with van der Waals surface area (Å²) < 4.78 is 2.15. The van der Waals surface area contributed by atoms with E-state index in [1.807, 2.05) is 6.33 Å². The maximum atomic E-state index is 4.43. The lowest BCUT2D eigenvalue weighted by molar-refractivity contribution is 0.228. The van der Waals surface area contributed by atoms with Gasteiger partial charge in [-0.05, 0) is 13.3 Å². The molecular formula is C12H20N4. The van der Waals surface area contributed by atoms with Crippen molar-refractivity contribution >= 4 is 0 Å². The van der Waals surface area contributed by atoms with Crippen molar-refractivity contribution in [3.63, 3.8) is 0 Å². The fraction of sp³-hybridized carbons (Fsp3) is 0.750. The standard InChI is InChI=1S/C12H20N4/c1-2-15-7-10(14-9-15)3-4-16-8-11-5-12(16)6-13-11/h7,9,11-13H,2-6,8H2,1H3/t11-,12?/m0/s1. The number of hydrogen-bond donors (Lipinski definition) is 1. The highest BCUT2D eigenvalue weighted by Gasteiger charge is 2.36. The van der Waals surface area contributed by atoms with Gasteiger partial charge in [-0.1, -0.05) is 0 Å². The lowest BCUT2D eigenvalue weighted by atomic mass is 10.2. The minimum Gasteiger partial charge on any atom is -0.337 e. The molecule has 2 atom stereocenters. The molecule has 3 rings (SSSR count). The van der Waals surface area contributed by atoms with Crippen LogP contribution in [-0.2, 0) is 13.0 Å². The van der Waals surface area contributed by atoms with Crippen molar-refractivity contribution in [2.24, 2.45) is 0 Å². The van der Waals surface area contributed by atoms with Crippen LogP contribution in [0, 0.1) is 0 Å². The summed E-state index contributed by atoms with van der Waals surface area (Å²) in [6, 6.07) is 1.55. The molecule has 2 fully saturated rings. The Morgan fingerprint density at radius 2 is 2.50 bits per heavy atom. The van der Waals surface area contributed by atoms with Crippen LogP contribution in [0.5, 0.6) is 0 Å². The third-order valence-electron chi connectivity index (χ3n) is 3.88. The number of nitrogens with one attached hydrogen (secondary N) is 1. The van der Waals surface area contributed by atoms with Crippen LogP contribution in [0.25, 0.3) is 0 Å². The summed E-state index contributed by atoms with van der Waals surface area (Å²) in [7, 11) is 0. The third kappa shape index (κ3) is 1.87. The monoisotopic (exact) mass is 220 g/mol. The molecule has 0 amide bonds. The molecule has 2 aliphatic rings. The molecule has 4 nitrogen and oxygen atoms in total. The first-order valence-corrected chi connectivity index (χ1v) is 6.33. The molecule has 16 heavy (non-hydrogen) atoms. The van der Waals surface area contributed by atoms with Gasteiger partial charge in [-0.3, -0.25) is 4.90 Å². The molecule has 0 saturated carbocycles. The second kappa shape index (κ2) is 4.18. The first kappa shape index (κ1) is 10.3. The lowest BCUT2D eigenvalue weighted by Gasteiger charge is -2.26. The summed E-state index contributed by atoms with van der Waals surface area (Å²) in [5.41, 5.74) is 1.23. The van der Waals surface area contributed by atoms with Gasteiger partial charge >= 0.3 is 0 Å². The second-order valence-electron chi connectivity index (χ2n) is 4.94.